The normalized spacial score (nSPS) is 13.5. The van der Waals surface area contributed by atoms with Gasteiger partial charge in [0.1, 0.15) is 11.6 Å². The van der Waals surface area contributed by atoms with Crippen LogP contribution in [0.2, 0.25) is 0 Å². The van der Waals surface area contributed by atoms with Gasteiger partial charge in [-0.15, -0.1) is 5.10 Å². The van der Waals surface area contributed by atoms with E-state index in [1.54, 1.807) is 6.07 Å². The summed E-state index contributed by atoms with van der Waals surface area (Å²) in [6.07, 6.45) is 1.07. The Morgan fingerprint density at radius 2 is 2.22 bits per heavy atom. The summed E-state index contributed by atoms with van der Waals surface area (Å²) >= 11 is 0. The highest BCUT2D eigenvalue weighted by Crippen LogP contribution is 2.19. The third-order valence-corrected chi connectivity index (χ3v) is 3.89. The third-order valence-electron chi connectivity index (χ3n) is 3.89. The van der Waals surface area contributed by atoms with Gasteiger partial charge in [-0.2, -0.15) is 5.10 Å². The number of nitrogens with zero attached hydrogens (tertiary/aromatic N) is 3. The average molecular weight is 312 g/mol. The summed E-state index contributed by atoms with van der Waals surface area (Å²) in [7, 11) is 0. The molecule has 23 heavy (non-hydrogen) atoms. The van der Waals surface area contributed by atoms with Gasteiger partial charge < -0.3 is 15.4 Å². The lowest BCUT2D eigenvalue weighted by molar-refractivity contribution is -0.132. The lowest BCUT2D eigenvalue weighted by Gasteiger charge is -2.28. The summed E-state index contributed by atoms with van der Waals surface area (Å²) in [4.78, 5) is 14.2. The minimum atomic E-state index is 0.0821. The maximum atomic E-state index is 12.3. The number of nitrogen functional groups attached to an aromatic ring is 1. The summed E-state index contributed by atoms with van der Waals surface area (Å²) < 4.78 is 5.65. The standard InChI is InChI=1S/C17H20N4O2/c1-12-3-2-4-14(9-12)23-8-6-17(22)21-7-5-15-13(11-21)10-16(18)20-19-15/h2-4,9-10H,5-8,11H2,1H3,(H2,18,20). The summed E-state index contributed by atoms with van der Waals surface area (Å²) in [6, 6.07) is 9.61. The molecule has 6 nitrogen and oxygen atoms in total. The Balaban J connectivity index is 1.53. The van der Waals surface area contributed by atoms with Gasteiger partial charge in [-0.3, -0.25) is 4.79 Å². The second-order valence-electron chi connectivity index (χ2n) is 5.72. The number of hydrogen-bond donors (Lipinski definition) is 1. The van der Waals surface area contributed by atoms with Gasteiger partial charge in [0.2, 0.25) is 5.91 Å². The molecule has 0 saturated heterocycles. The Morgan fingerprint density at radius 1 is 1.35 bits per heavy atom. The van der Waals surface area contributed by atoms with Crippen LogP contribution >= 0.6 is 0 Å². The van der Waals surface area contributed by atoms with Crippen molar-refractivity contribution in [1.29, 1.82) is 0 Å². The minimum absolute atomic E-state index is 0.0821. The number of benzene rings is 1. The highest BCUT2D eigenvalue weighted by molar-refractivity contribution is 5.76. The van der Waals surface area contributed by atoms with E-state index in [-0.39, 0.29) is 5.91 Å². The van der Waals surface area contributed by atoms with Crippen LogP contribution in [0.4, 0.5) is 5.82 Å². The minimum Gasteiger partial charge on any atom is -0.493 e. The highest BCUT2D eigenvalue weighted by atomic mass is 16.5. The number of carbonyl (C=O) groups excluding carboxylic acids is 1. The lowest BCUT2D eigenvalue weighted by atomic mass is 10.1. The molecule has 0 atom stereocenters. The van der Waals surface area contributed by atoms with E-state index in [9.17, 15) is 4.79 Å². The van der Waals surface area contributed by atoms with Crippen molar-refractivity contribution >= 4 is 11.7 Å². The Morgan fingerprint density at radius 3 is 3.04 bits per heavy atom. The molecule has 1 aliphatic rings. The van der Waals surface area contributed by atoms with Crippen LogP contribution in [-0.4, -0.2) is 34.2 Å². The Kier molecular flexibility index (Phi) is 4.41. The largest absolute Gasteiger partial charge is 0.493 e. The number of aryl methyl sites for hydroxylation is 1. The Hall–Kier alpha value is -2.63. The predicted molar refractivity (Wildman–Crippen MR) is 86.9 cm³/mol. The first kappa shape index (κ1) is 15.3. The van der Waals surface area contributed by atoms with Gasteiger partial charge in [-0.05, 0) is 36.2 Å². The fourth-order valence-electron chi connectivity index (χ4n) is 2.68. The maximum Gasteiger partial charge on any atom is 0.226 e. The lowest BCUT2D eigenvalue weighted by Crippen LogP contribution is -2.37. The molecule has 1 aromatic heterocycles. The van der Waals surface area contributed by atoms with Crippen molar-refractivity contribution in [3.8, 4) is 5.75 Å². The number of carbonyl (C=O) groups is 1. The summed E-state index contributed by atoms with van der Waals surface area (Å²) in [5.41, 5.74) is 8.72. The molecule has 6 heteroatoms. The zero-order chi connectivity index (χ0) is 16.2. The van der Waals surface area contributed by atoms with E-state index < -0.39 is 0 Å². The topological polar surface area (TPSA) is 81.3 Å². The summed E-state index contributed by atoms with van der Waals surface area (Å²) in [5.74, 6) is 1.27. The smallest absolute Gasteiger partial charge is 0.226 e. The molecule has 0 saturated carbocycles. The summed E-state index contributed by atoms with van der Waals surface area (Å²) in [5, 5.41) is 7.94. The molecule has 120 valence electrons. The van der Waals surface area contributed by atoms with Crippen LogP contribution in [0.1, 0.15) is 23.2 Å². The average Bonchev–Trinajstić information content (AvgIpc) is 2.54. The Bertz CT molecular complexity index is 717. The van der Waals surface area contributed by atoms with Crippen LogP contribution in [0.3, 0.4) is 0 Å². The fourth-order valence-corrected chi connectivity index (χ4v) is 2.68. The highest BCUT2D eigenvalue weighted by Gasteiger charge is 2.22. The van der Waals surface area contributed by atoms with Crippen LogP contribution in [0.25, 0.3) is 0 Å². The first-order valence-corrected chi connectivity index (χ1v) is 7.70. The summed E-state index contributed by atoms with van der Waals surface area (Å²) in [6.45, 7) is 3.59. The molecule has 0 unspecified atom stereocenters. The molecular formula is C17H20N4O2. The molecular weight excluding hydrogens is 292 g/mol. The van der Waals surface area contributed by atoms with Crippen molar-refractivity contribution in [2.24, 2.45) is 0 Å². The zero-order valence-electron chi connectivity index (χ0n) is 13.2. The molecule has 3 rings (SSSR count). The zero-order valence-corrected chi connectivity index (χ0v) is 13.2. The predicted octanol–water partition coefficient (Wildman–Crippen LogP) is 1.72. The second kappa shape index (κ2) is 6.64. The molecule has 0 radical (unpaired) electrons. The van der Waals surface area contributed by atoms with Crippen molar-refractivity contribution in [2.75, 3.05) is 18.9 Å². The van der Waals surface area contributed by atoms with Crippen LogP contribution in [-0.2, 0) is 17.8 Å². The van der Waals surface area contributed by atoms with Gasteiger partial charge in [-0.25, -0.2) is 0 Å². The molecule has 1 aromatic carbocycles. The SMILES string of the molecule is Cc1cccc(OCCC(=O)N2CCc3nnc(N)cc3C2)c1. The number of aromatic nitrogens is 2. The first-order chi connectivity index (χ1) is 11.1. The molecule has 0 bridgehead atoms. The van der Waals surface area contributed by atoms with Gasteiger partial charge in [0.05, 0.1) is 18.7 Å². The Labute approximate surface area is 135 Å². The number of ether oxygens (including phenoxy) is 1. The second-order valence-corrected chi connectivity index (χ2v) is 5.72. The van der Waals surface area contributed by atoms with Crippen LogP contribution in [0.15, 0.2) is 30.3 Å². The van der Waals surface area contributed by atoms with Crippen molar-refractivity contribution < 1.29 is 9.53 Å². The van der Waals surface area contributed by atoms with Gasteiger partial charge in [0, 0.05) is 19.5 Å². The fraction of sp³-hybridized carbons (Fsp3) is 0.353. The van der Waals surface area contributed by atoms with Gasteiger partial charge >= 0.3 is 0 Å². The molecule has 2 aromatic rings. The number of anilines is 1. The molecule has 1 amide bonds. The number of fused-ring (bicyclic) bond motifs is 1. The van der Waals surface area contributed by atoms with Gasteiger partial charge in [-0.1, -0.05) is 12.1 Å². The van der Waals surface area contributed by atoms with Crippen molar-refractivity contribution in [2.45, 2.75) is 26.3 Å². The molecule has 0 aliphatic carbocycles. The van der Waals surface area contributed by atoms with E-state index in [0.29, 0.717) is 38.4 Å². The number of hydrogen-bond acceptors (Lipinski definition) is 5. The van der Waals surface area contributed by atoms with E-state index >= 15 is 0 Å². The monoisotopic (exact) mass is 312 g/mol. The molecule has 2 heterocycles. The van der Waals surface area contributed by atoms with E-state index in [2.05, 4.69) is 10.2 Å². The van der Waals surface area contributed by atoms with Crippen LogP contribution in [0, 0.1) is 6.92 Å². The maximum absolute atomic E-state index is 12.3. The van der Waals surface area contributed by atoms with E-state index in [0.717, 1.165) is 22.6 Å². The number of nitrogens with two attached hydrogens (primary N) is 1. The van der Waals surface area contributed by atoms with Gasteiger partial charge in [0.25, 0.3) is 0 Å². The number of amides is 1. The van der Waals surface area contributed by atoms with Crippen molar-refractivity contribution in [1.82, 2.24) is 15.1 Å². The van der Waals surface area contributed by atoms with Crippen LogP contribution < -0.4 is 10.5 Å². The van der Waals surface area contributed by atoms with Gasteiger partial charge in [0.15, 0.2) is 0 Å². The number of rotatable bonds is 4. The quantitative estimate of drug-likeness (QED) is 0.929. The molecule has 1 aliphatic heterocycles. The van der Waals surface area contributed by atoms with Crippen molar-refractivity contribution in [3.05, 3.63) is 47.2 Å². The van der Waals surface area contributed by atoms with Crippen LogP contribution in [0.5, 0.6) is 5.75 Å². The third kappa shape index (κ3) is 3.77. The molecule has 0 fully saturated rings. The molecule has 0 spiro atoms. The van der Waals surface area contributed by atoms with E-state index in [4.69, 9.17) is 10.5 Å². The first-order valence-electron chi connectivity index (χ1n) is 7.70. The van der Waals surface area contributed by atoms with E-state index in [1.807, 2.05) is 36.1 Å². The molecule has 2 N–H and O–H groups in total. The van der Waals surface area contributed by atoms with E-state index in [1.165, 1.54) is 0 Å². The van der Waals surface area contributed by atoms with Crippen molar-refractivity contribution in [3.63, 3.8) is 0 Å².